The number of aryl methyl sites for hydroxylation is 2. The molecule has 0 atom stereocenters. The highest BCUT2D eigenvalue weighted by molar-refractivity contribution is 7.99. The number of rotatable bonds is 6. The van der Waals surface area contributed by atoms with Crippen LogP contribution in [0.3, 0.4) is 0 Å². The summed E-state index contributed by atoms with van der Waals surface area (Å²) >= 11 is 2.60. The molecule has 1 aromatic carbocycles. The van der Waals surface area contributed by atoms with Crippen LogP contribution in [-0.2, 0) is 22.4 Å². The Morgan fingerprint density at radius 1 is 1.24 bits per heavy atom. The zero-order valence-corrected chi connectivity index (χ0v) is 17.6. The van der Waals surface area contributed by atoms with Crippen molar-refractivity contribution in [3.63, 3.8) is 0 Å². The fraction of sp³-hybridized carbons (Fsp3) is 0.300. The standard InChI is InChI=1S/C20H19N3O4S2/c1-11-6-8-12(9-7-11)17-22-23-20(27-17)28-10-15(24)21-18-16(19(25)26-2)13-4-3-5-14(13)29-18/h6-9H,3-5,10H2,1-2H3,(H,21,24). The quantitative estimate of drug-likeness (QED) is 0.465. The van der Waals surface area contributed by atoms with Gasteiger partial charge in [-0.25, -0.2) is 4.79 Å². The number of thiophene rings is 1. The lowest BCUT2D eigenvalue weighted by atomic mass is 10.1. The molecule has 0 saturated carbocycles. The lowest BCUT2D eigenvalue weighted by molar-refractivity contribution is -0.113. The molecule has 0 unspecified atom stereocenters. The van der Waals surface area contributed by atoms with Gasteiger partial charge in [0.1, 0.15) is 5.00 Å². The predicted molar refractivity (Wildman–Crippen MR) is 112 cm³/mol. The molecule has 1 aliphatic carbocycles. The monoisotopic (exact) mass is 429 g/mol. The van der Waals surface area contributed by atoms with Crippen LogP contribution in [0.5, 0.6) is 0 Å². The molecular weight excluding hydrogens is 410 g/mol. The van der Waals surface area contributed by atoms with E-state index in [9.17, 15) is 9.59 Å². The van der Waals surface area contributed by atoms with Gasteiger partial charge in [0, 0.05) is 10.4 Å². The Bertz CT molecular complexity index is 1060. The third kappa shape index (κ3) is 4.20. The molecule has 29 heavy (non-hydrogen) atoms. The summed E-state index contributed by atoms with van der Waals surface area (Å²) in [7, 11) is 1.35. The Labute approximate surface area is 175 Å². The number of benzene rings is 1. The van der Waals surface area contributed by atoms with E-state index in [-0.39, 0.29) is 11.7 Å². The number of amides is 1. The lowest BCUT2D eigenvalue weighted by Crippen LogP contribution is -2.16. The smallest absolute Gasteiger partial charge is 0.341 e. The normalized spacial score (nSPS) is 12.6. The van der Waals surface area contributed by atoms with Gasteiger partial charge < -0.3 is 14.5 Å². The van der Waals surface area contributed by atoms with Gasteiger partial charge in [-0.2, -0.15) is 0 Å². The van der Waals surface area contributed by atoms with Crippen molar-refractivity contribution in [2.24, 2.45) is 0 Å². The van der Waals surface area contributed by atoms with Gasteiger partial charge in [0.15, 0.2) is 0 Å². The van der Waals surface area contributed by atoms with Crippen LogP contribution in [0.4, 0.5) is 5.00 Å². The number of nitrogens with one attached hydrogen (secondary N) is 1. The van der Waals surface area contributed by atoms with Gasteiger partial charge in [-0.05, 0) is 43.9 Å². The maximum absolute atomic E-state index is 12.4. The number of methoxy groups -OCH3 is 1. The number of aromatic nitrogens is 2. The van der Waals surface area contributed by atoms with Gasteiger partial charge in [-0.15, -0.1) is 21.5 Å². The number of esters is 1. The van der Waals surface area contributed by atoms with Crippen molar-refractivity contribution in [3.05, 3.63) is 45.8 Å². The first-order valence-corrected chi connectivity index (χ1v) is 10.9. The molecule has 0 fully saturated rings. The minimum atomic E-state index is -0.410. The van der Waals surface area contributed by atoms with Crippen molar-refractivity contribution < 1.29 is 18.7 Å². The SMILES string of the molecule is COC(=O)c1c(NC(=O)CSc2nnc(-c3ccc(C)cc3)o2)sc2c1CCC2. The van der Waals surface area contributed by atoms with Crippen molar-refractivity contribution >= 4 is 40.0 Å². The van der Waals surface area contributed by atoms with Crippen LogP contribution < -0.4 is 5.32 Å². The number of carbonyl (C=O) groups is 2. The summed E-state index contributed by atoms with van der Waals surface area (Å²) in [6.07, 6.45) is 2.79. The van der Waals surface area contributed by atoms with Crippen LogP contribution in [0.2, 0.25) is 0 Å². The van der Waals surface area contributed by atoms with Gasteiger partial charge in [0.2, 0.25) is 11.8 Å². The fourth-order valence-corrected chi connectivity index (χ4v) is 5.04. The first-order valence-electron chi connectivity index (χ1n) is 9.11. The average molecular weight is 430 g/mol. The molecule has 0 spiro atoms. The summed E-state index contributed by atoms with van der Waals surface area (Å²) in [5, 5.41) is 11.7. The van der Waals surface area contributed by atoms with E-state index in [4.69, 9.17) is 9.15 Å². The third-order valence-corrected chi connectivity index (χ3v) is 6.62. The van der Waals surface area contributed by atoms with Crippen molar-refractivity contribution in [3.8, 4) is 11.5 Å². The molecule has 4 rings (SSSR count). The highest BCUT2D eigenvalue weighted by Crippen LogP contribution is 2.39. The molecule has 3 aromatic rings. The molecule has 9 heteroatoms. The zero-order chi connectivity index (χ0) is 20.4. The summed E-state index contributed by atoms with van der Waals surface area (Å²) in [5.41, 5.74) is 3.47. The van der Waals surface area contributed by atoms with E-state index in [1.54, 1.807) is 0 Å². The molecule has 0 saturated heterocycles. The summed E-state index contributed by atoms with van der Waals surface area (Å²) in [5.74, 6) is -0.142. The third-order valence-electron chi connectivity index (χ3n) is 4.60. The molecule has 150 valence electrons. The number of ether oxygens (including phenoxy) is 1. The van der Waals surface area contributed by atoms with Crippen LogP contribution in [0.1, 0.15) is 32.8 Å². The number of hydrogen-bond acceptors (Lipinski definition) is 8. The maximum Gasteiger partial charge on any atom is 0.341 e. The molecule has 1 aliphatic rings. The molecule has 0 bridgehead atoms. The average Bonchev–Trinajstić information content (AvgIpc) is 3.42. The Morgan fingerprint density at radius 2 is 2.03 bits per heavy atom. The fourth-order valence-electron chi connectivity index (χ4n) is 3.18. The van der Waals surface area contributed by atoms with E-state index in [0.717, 1.165) is 52.6 Å². The summed E-state index contributed by atoms with van der Waals surface area (Å²) < 4.78 is 10.5. The lowest BCUT2D eigenvalue weighted by Gasteiger charge is -2.06. The number of nitrogens with zero attached hydrogens (tertiary/aromatic N) is 2. The second-order valence-corrected chi connectivity index (χ2v) is 8.66. The minimum absolute atomic E-state index is 0.0959. The number of thioether (sulfide) groups is 1. The van der Waals surface area contributed by atoms with Gasteiger partial charge in [-0.1, -0.05) is 29.5 Å². The van der Waals surface area contributed by atoms with E-state index in [2.05, 4.69) is 15.5 Å². The van der Waals surface area contributed by atoms with E-state index in [1.807, 2.05) is 31.2 Å². The van der Waals surface area contributed by atoms with E-state index < -0.39 is 5.97 Å². The second kappa shape index (κ2) is 8.38. The van der Waals surface area contributed by atoms with E-state index in [0.29, 0.717) is 21.7 Å². The van der Waals surface area contributed by atoms with Crippen molar-refractivity contribution in [2.45, 2.75) is 31.4 Å². The number of hydrogen-bond donors (Lipinski definition) is 1. The van der Waals surface area contributed by atoms with Crippen LogP contribution >= 0.6 is 23.1 Å². The molecule has 1 N–H and O–H groups in total. The number of carbonyl (C=O) groups excluding carboxylic acids is 2. The Hall–Kier alpha value is -2.65. The van der Waals surface area contributed by atoms with Crippen LogP contribution in [-0.4, -0.2) is 34.9 Å². The predicted octanol–water partition coefficient (Wildman–Crippen LogP) is 4.11. The Morgan fingerprint density at radius 3 is 2.79 bits per heavy atom. The topological polar surface area (TPSA) is 94.3 Å². The summed E-state index contributed by atoms with van der Waals surface area (Å²) in [6.45, 7) is 2.01. The molecule has 1 amide bonds. The van der Waals surface area contributed by atoms with Gasteiger partial charge in [0.05, 0.1) is 18.4 Å². The molecule has 7 nitrogen and oxygen atoms in total. The van der Waals surface area contributed by atoms with E-state index in [1.165, 1.54) is 18.4 Å². The first kappa shape index (κ1) is 19.7. The largest absolute Gasteiger partial charge is 0.465 e. The molecule has 2 heterocycles. The second-order valence-electron chi connectivity index (χ2n) is 6.63. The Balaban J connectivity index is 1.40. The van der Waals surface area contributed by atoms with Crippen LogP contribution in [0, 0.1) is 6.92 Å². The van der Waals surface area contributed by atoms with Crippen molar-refractivity contribution in [1.29, 1.82) is 0 Å². The number of fused-ring (bicyclic) bond motifs is 1. The minimum Gasteiger partial charge on any atom is -0.465 e. The first-order chi connectivity index (χ1) is 14.0. The molecule has 0 radical (unpaired) electrons. The van der Waals surface area contributed by atoms with Gasteiger partial charge in [0.25, 0.3) is 5.22 Å². The highest BCUT2D eigenvalue weighted by Gasteiger charge is 2.28. The van der Waals surface area contributed by atoms with Crippen LogP contribution in [0.15, 0.2) is 33.9 Å². The summed E-state index contributed by atoms with van der Waals surface area (Å²) in [4.78, 5) is 25.7. The summed E-state index contributed by atoms with van der Waals surface area (Å²) in [6, 6.07) is 7.76. The van der Waals surface area contributed by atoms with Gasteiger partial charge in [-0.3, -0.25) is 4.79 Å². The maximum atomic E-state index is 12.4. The van der Waals surface area contributed by atoms with Gasteiger partial charge >= 0.3 is 5.97 Å². The Kier molecular flexibility index (Phi) is 5.68. The van der Waals surface area contributed by atoms with E-state index >= 15 is 0 Å². The van der Waals surface area contributed by atoms with Crippen molar-refractivity contribution in [2.75, 3.05) is 18.2 Å². The number of anilines is 1. The molecule has 0 aliphatic heterocycles. The van der Waals surface area contributed by atoms with Crippen molar-refractivity contribution in [1.82, 2.24) is 10.2 Å². The zero-order valence-electron chi connectivity index (χ0n) is 16.0. The molecular formula is C20H19N3O4S2. The molecule has 2 aromatic heterocycles. The van der Waals surface area contributed by atoms with Crippen LogP contribution in [0.25, 0.3) is 11.5 Å². The highest BCUT2D eigenvalue weighted by atomic mass is 32.2.